The van der Waals surface area contributed by atoms with Crippen LogP contribution in [0.1, 0.15) is 31.4 Å². The molecule has 27 heavy (non-hydrogen) atoms. The maximum Gasteiger partial charge on any atom is 0.426 e. The second kappa shape index (κ2) is 7.16. The monoisotopic (exact) mass is 401 g/mol. The Morgan fingerprint density at radius 1 is 1.26 bits per heavy atom. The molecular weight excluding hydrogens is 383 g/mol. The number of amides is 1. The van der Waals surface area contributed by atoms with Crippen LogP contribution in [-0.4, -0.2) is 50.6 Å². The SMILES string of the molecule is C[C@@](O)(C(=O)N1CCC(c2ccnn2-c2cccc(Cl)c2)CC1)C(F)(F)F. The van der Waals surface area contributed by atoms with E-state index in [2.05, 4.69) is 5.10 Å². The highest BCUT2D eigenvalue weighted by Gasteiger charge is 2.57. The third-order valence-corrected chi connectivity index (χ3v) is 5.13. The molecule has 1 amide bonds. The predicted molar refractivity (Wildman–Crippen MR) is 93.8 cm³/mol. The van der Waals surface area contributed by atoms with Crippen molar-refractivity contribution < 1.29 is 23.1 Å². The predicted octanol–water partition coefficient (Wildman–Crippen LogP) is 3.55. The minimum atomic E-state index is -5.01. The van der Waals surface area contributed by atoms with Gasteiger partial charge in [-0.15, -0.1) is 0 Å². The van der Waals surface area contributed by atoms with Gasteiger partial charge in [0, 0.05) is 35.9 Å². The maximum atomic E-state index is 12.9. The lowest BCUT2D eigenvalue weighted by Crippen LogP contribution is -2.57. The minimum absolute atomic E-state index is 0.0337. The van der Waals surface area contributed by atoms with Crippen molar-refractivity contribution in [3.05, 3.63) is 47.2 Å². The van der Waals surface area contributed by atoms with Crippen molar-refractivity contribution in [1.29, 1.82) is 0 Å². The van der Waals surface area contributed by atoms with Crippen LogP contribution in [0.3, 0.4) is 0 Å². The van der Waals surface area contributed by atoms with E-state index in [0.29, 0.717) is 24.8 Å². The van der Waals surface area contributed by atoms with Crippen molar-refractivity contribution in [3.8, 4) is 5.69 Å². The number of hydrogen-bond acceptors (Lipinski definition) is 3. The number of likely N-dealkylation sites (tertiary alicyclic amines) is 1. The molecule has 0 bridgehead atoms. The van der Waals surface area contributed by atoms with Gasteiger partial charge in [-0.05, 0) is 44.0 Å². The second-order valence-corrected chi connectivity index (χ2v) is 7.22. The zero-order valence-corrected chi connectivity index (χ0v) is 15.3. The number of alkyl halides is 3. The van der Waals surface area contributed by atoms with Crippen molar-refractivity contribution in [2.75, 3.05) is 13.1 Å². The highest BCUT2D eigenvalue weighted by Crippen LogP contribution is 2.35. The number of hydrogen-bond donors (Lipinski definition) is 1. The van der Waals surface area contributed by atoms with Gasteiger partial charge in [-0.3, -0.25) is 4.79 Å². The molecule has 0 aliphatic carbocycles. The summed E-state index contributed by atoms with van der Waals surface area (Å²) < 4.78 is 40.4. The van der Waals surface area contributed by atoms with Crippen LogP contribution in [-0.2, 0) is 4.79 Å². The number of benzene rings is 1. The minimum Gasteiger partial charge on any atom is -0.373 e. The molecule has 1 N–H and O–H groups in total. The summed E-state index contributed by atoms with van der Waals surface area (Å²) in [6.45, 7) is 0.766. The number of piperidine rings is 1. The van der Waals surface area contributed by atoms with E-state index >= 15 is 0 Å². The van der Waals surface area contributed by atoms with Gasteiger partial charge in [0.05, 0.1) is 5.69 Å². The Balaban J connectivity index is 1.73. The van der Waals surface area contributed by atoms with Crippen molar-refractivity contribution >= 4 is 17.5 Å². The molecule has 5 nitrogen and oxygen atoms in total. The van der Waals surface area contributed by atoms with Crippen LogP contribution in [0.15, 0.2) is 36.5 Å². The molecule has 146 valence electrons. The molecule has 0 saturated carbocycles. The summed E-state index contributed by atoms with van der Waals surface area (Å²) >= 11 is 6.03. The summed E-state index contributed by atoms with van der Waals surface area (Å²) in [6, 6.07) is 9.06. The number of halogens is 4. The van der Waals surface area contributed by atoms with E-state index in [-0.39, 0.29) is 19.0 Å². The molecule has 0 spiro atoms. The fourth-order valence-electron chi connectivity index (χ4n) is 3.25. The van der Waals surface area contributed by atoms with Crippen molar-refractivity contribution in [2.24, 2.45) is 0 Å². The quantitative estimate of drug-likeness (QED) is 0.855. The van der Waals surface area contributed by atoms with Gasteiger partial charge < -0.3 is 10.0 Å². The molecule has 1 saturated heterocycles. The Morgan fingerprint density at radius 3 is 2.52 bits per heavy atom. The lowest BCUT2D eigenvalue weighted by molar-refractivity contribution is -0.250. The van der Waals surface area contributed by atoms with Crippen LogP contribution >= 0.6 is 11.6 Å². The van der Waals surface area contributed by atoms with Crippen LogP contribution in [0.5, 0.6) is 0 Å². The van der Waals surface area contributed by atoms with Crippen LogP contribution in [0.4, 0.5) is 13.2 Å². The molecule has 0 radical (unpaired) electrons. The highest BCUT2D eigenvalue weighted by atomic mass is 35.5. The van der Waals surface area contributed by atoms with Gasteiger partial charge >= 0.3 is 6.18 Å². The molecule has 1 aromatic heterocycles. The summed E-state index contributed by atoms with van der Waals surface area (Å²) in [5.74, 6) is -1.27. The Hall–Kier alpha value is -2.06. The summed E-state index contributed by atoms with van der Waals surface area (Å²) in [5.41, 5.74) is -1.67. The van der Waals surface area contributed by atoms with Gasteiger partial charge in [0.2, 0.25) is 5.60 Å². The average molecular weight is 402 g/mol. The van der Waals surface area contributed by atoms with Crippen molar-refractivity contribution in [2.45, 2.75) is 37.5 Å². The van der Waals surface area contributed by atoms with Gasteiger partial charge in [-0.1, -0.05) is 17.7 Å². The maximum absolute atomic E-state index is 12.9. The summed E-state index contributed by atoms with van der Waals surface area (Å²) in [4.78, 5) is 13.2. The van der Waals surface area contributed by atoms with Crippen LogP contribution in [0.25, 0.3) is 5.69 Å². The normalized spacial score (nSPS) is 18.4. The number of nitrogens with zero attached hydrogens (tertiary/aromatic N) is 3. The molecule has 0 unspecified atom stereocenters. The first kappa shape index (κ1) is 19.7. The Bertz CT molecular complexity index is 827. The van der Waals surface area contributed by atoms with Crippen molar-refractivity contribution in [1.82, 2.24) is 14.7 Å². The van der Waals surface area contributed by atoms with E-state index in [4.69, 9.17) is 11.6 Å². The van der Waals surface area contributed by atoms with E-state index < -0.39 is 17.7 Å². The number of aliphatic hydroxyl groups is 1. The molecule has 1 fully saturated rings. The second-order valence-electron chi connectivity index (χ2n) is 6.78. The lowest BCUT2D eigenvalue weighted by atomic mass is 9.92. The van der Waals surface area contributed by atoms with Crippen LogP contribution < -0.4 is 0 Å². The third-order valence-electron chi connectivity index (χ3n) is 4.89. The molecule has 1 aliphatic heterocycles. The summed E-state index contributed by atoms with van der Waals surface area (Å²) in [6.07, 6.45) is -2.40. The molecule has 1 atom stereocenters. The number of rotatable bonds is 3. The molecule has 9 heteroatoms. The Morgan fingerprint density at radius 2 is 1.93 bits per heavy atom. The molecular formula is C18H19ClF3N3O2. The van der Waals surface area contributed by atoms with Gasteiger partial charge in [0.15, 0.2) is 0 Å². The van der Waals surface area contributed by atoms with E-state index in [1.165, 1.54) is 0 Å². The van der Waals surface area contributed by atoms with E-state index in [0.717, 1.165) is 16.3 Å². The first-order valence-corrected chi connectivity index (χ1v) is 8.87. The zero-order chi connectivity index (χ0) is 19.8. The fraction of sp³-hybridized carbons (Fsp3) is 0.444. The fourth-order valence-corrected chi connectivity index (χ4v) is 3.44. The summed E-state index contributed by atoms with van der Waals surface area (Å²) in [7, 11) is 0. The smallest absolute Gasteiger partial charge is 0.373 e. The first-order valence-electron chi connectivity index (χ1n) is 8.49. The van der Waals surface area contributed by atoms with Crippen molar-refractivity contribution in [3.63, 3.8) is 0 Å². The highest BCUT2D eigenvalue weighted by molar-refractivity contribution is 6.30. The average Bonchev–Trinajstić information content (AvgIpc) is 3.10. The van der Waals surface area contributed by atoms with Crippen LogP contribution in [0.2, 0.25) is 5.02 Å². The number of carbonyl (C=O) groups excluding carboxylic acids is 1. The summed E-state index contributed by atoms with van der Waals surface area (Å²) in [5, 5.41) is 14.5. The lowest BCUT2D eigenvalue weighted by Gasteiger charge is -2.36. The van der Waals surface area contributed by atoms with E-state index in [9.17, 15) is 23.1 Å². The van der Waals surface area contributed by atoms with Gasteiger partial charge in [-0.2, -0.15) is 18.3 Å². The number of aromatic nitrogens is 2. The Labute approximate surface area is 159 Å². The van der Waals surface area contributed by atoms with E-state index in [1.807, 2.05) is 18.2 Å². The zero-order valence-electron chi connectivity index (χ0n) is 14.6. The molecule has 3 rings (SSSR count). The van der Waals surface area contributed by atoms with Gasteiger partial charge in [0.1, 0.15) is 0 Å². The third kappa shape index (κ3) is 3.82. The van der Waals surface area contributed by atoms with Crippen LogP contribution in [0, 0.1) is 0 Å². The standard InChI is InChI=1S/C18H19ClF3N3O2/c1-17(27,18(20,21)22)16(26)24-9-6-12(7-10-24)15-5-8-23-25(15)14-4-2-3-13(19)11-14/h2-5,8,11-12,27H,6-7,9-10H2,1H3/t17-/m1/s1. The molecule has 2 aromatic rings. The molecule has 1 aromatic carbocycles. The van der Waals surface area contributed by atoms with E-state index in [1.54, 1.807) is 23.0 Å². The molecule has 2 heterocycles. The first-order chi connectivity index (χ1) is 12.6. The van der Waals surface area contributed by atoms with Gasteiger partial charge in [-0.25, -0.2) is 4.68 Å². The van der Waals surface area contributed by atoms with Gasteiger partial charge in [0.25, 0.3) is 5.91 Å². The topological polar surface area (TPSA) is 58.4 Å². The molecule has 1 aliphatic rings. The largest absolute Gasteiger partial charge is 0.426 e. The number of carbonyl (C=O) groups is 1. The Kier molecular flexibility index (Phi) is 5.22.